The molecule has 1 aromatic carbocycles. The molecule has 0 amide bonds. The van der Waals surface area contributed by atoms with Crippen molar-refractivity contribution in [3.05, 3.63) is 48.7 Å². The topological polar surface area (TPSA) is 58.5 Å². The number of unbranched alkanes of at least 4 members (excludes halogenated alkanes) is 1. The van der Waals surface area contributed by atoms with Crippen LogP contribution in [0.4, 0.5) is 5.69 Å². The van der Waals surface area contributed by atoms with Crippen LogP contribution in [0, 0.1) is 0 Å². The average Bonchev–Trinajstić information content (AvgIpc) is 2.65. The molecule has 0 fully saturated rings. The van der Waals surface area contributed by atoms with Crippen molar-refractivity contribution in [3.8, 4) is 17.1 Å². The first-order valence-electron chi connectivity index (χ1n) is 8.46. The van der Waals surface area contributed by atoms with Crippen LogP contribution in [0.25, 0.3) is 22.2 Å². The Morgan fingerprint density at radius 2 is 1.88 bits per heavy atom. The molecule has 5 nitrogen and oxygen atoms in total. The summed E-state index contributed by atoms with van der Waals surface area (Å²) in [5.41, 5.74) is 3.87. The molecule has 25 heavy (non-hydrogen) atoms. The van der Waals surface area contributed by atoms with Crippen molar-refractivity contribution in [2.24, 2.45) is 0 Å². The van der Waals surface area contributed by atoms with Crippen molar-refractivity contribution in [1.29, 1.82) is 0 Å². The van der Waals surface area contributed by atoms with Gasteiger partial charge in [-0.15, -0.1) is 0 Å². The van der Waals surface area contributed by atoms with Gasteiger partial charge < -0.3 is 14.7 Å². The molecular formula is C20H23N3O2. The summed E-state index contributed by atoms with van der Waals surface area (Å²) in [7, 11) is 4.04. The van der Waals surface area contributed by atoms with E-state index in [4.69, 9.17) is 14.8 Å². The second-order valence-corrected chi connectivity index (χ2v) is 6.10. The molecule has 0 aliphatic carbocycles. The molecule has 2 aromatic heterocycles. The number of benzene rings is 1. The molecule has 130 valence electrons. The first-order valence-corrected chi connectivity index (χ1v) is 8.46. The summed E-state index contributed by atoms with van der Waals surface area (Å²) in [4.78, 5) is 11.2. The largest absolute Gasteiger partial charge is 0.477 e. The molecule has 0 bridgehead atoms. The minimum absolute atomic E-state index is 0.178. The maximum absolute atomic E-state index is 8.90. The van der Waals surface area contributed by atoms with Gasteiger partial charge in [-0.25, -0.2) is 4.98 Å². The third kappa shape index (κ3) is 4.06. The fraction of sp³-hybridized carbons (Fsp3) is 0.300. The third-order valence-corrected chi connectivity index (χ3v) is 4.04. The second-order valence-electron chi connectivity index (χ2n) is 6.10. The lowest BCUT2D eigenvalue weighted by Crippen LogP contribution is -2.08. The Hall–Kier alpha value is -2.66. The minimum atomic E-state index is 0.178. The highest BCUT2D eigenvalue weighted by molar-refractivity contribution is 5.87. The van der Waals surface area contributed by atoms with Gasteiger partial charge in [-0.1, -0.05) is 12.1 Å². The van der Waals surface area contributed by atoms with Crippen LogP contribution in [0.2, 0.25) is 0 Å². The average molecular weight is 337 g/mol. The number of pyridine rings is 2. The van der Waals surface area contributed by atoms with Gasteiger partial charge in [0.15, 0.2) is 0 Å². The van der Waals surface area contributed by atoms with Gasteiger partial charge in [-0.3, -0.25) is 4.98 Å². The molecule has 0 radical (unpaired) electrons. The normalized spacial score (nSPS) is 10.8. The molecule has 3 aromatic rings. The Bertz CT molecular complexity index is 832. The Labute approximate surface area is 147 Å². The summed E-state index contributed by atoms with van der Waals surface area (Å²) >= 11 is 0. The summed E-state index contributed by atoms with van der Waals surface area (Å²) < 4.78 is 5.88. The number of aliphatic hydroxyl groups is 1. The number of ether oxygens (including phenoxy) is 1. The molecule has 0 atom stereocenters. The predicted octanol–water partition coefficient (Wildman–Crippen LogP) is 3.51. The number of fused-ring (bicyclic) bond motifs is 1. The molecule has 5 heteroatoms. The third-order valence-electron chi connectivity index (χ3n) is 4.04. The van der Waals surface area contributed by atoms with E-state index in [9.17, 15) is 0 Å². The maximum Gasteiger partial charge on any atom is 0.223 e. The van der Waals surface area contributed by atoms with Crippen molar-refractivity contribution in [2.75, 3.05) is 32.2 Å². The Morgan fingerprint density at radius 1 is 1.08 bits per heavy atom. The molecule has 3 rings (SSSR count). The van der Waals surface area contributed by atoms with Crippen LogP contribution in [-0.4, -0.2) is 42.4 Å². The van der Waals surface area contributed by atoms with E-state index >= 15 is 0 Å². The quantitative estimate of drug-likeness (QED) is 0.669. The molecule has 0 spiro atoms. The Kier molecular flexibility index (Phi) is 5.46. The lowest BCUT2D eigenvalue weighted by molar-refractivity contribution is 0.250. The first-order chi connectivity index (χ1) is 12.2. The van der Waals surface area contributed by atoms with Gasteiger partial charge in [0.05, 0.1) is 23.2 Å². The molecule has 0 unspecified atom stereocenters. The van der Waals surface area contributed by atoms with Crippen molar-refractivity contribution in [3.63, 3.8) is 0 Å². The number of aliphatic hydroxyl groups excluding tert-OH is 1. The lowest BCUT2D eigenvalue weighted by Gasteiger charge is -2.13. The molecular weight excluding hydrogens is 314 g/mol. The van der Waals surface area contributed by atoms with Crippen molar-refractivity contribution < 1.29 is 9.84 Å². The van der Waals surface area contributed by atoms with Crippen LogP contribution in [0.15, 0.2) is 48.7 Å². The van der Waals surface area contributed by atoms with Gasteiger partial charge in [-0.2, -0.15) is 0 Å². The van der Waals surface area contributed by atoms with Gasteiger partial charge in [-0.05, 0) is 43.2 Å². The summed E-state index contributed by atoms with van der Waals surface area (Å²) in [5, 5.41) is 9.81. The monoisotopic (exact) mass is 337 g/mol. The number of hydrogen-bond acceptors (Lipinski definition) is 5. The Balaban J connectivity index is 1.95. The molecule has 2 heterocycles. The van der Waals surface area contributed by atoms with Crippen LogP contribution in [0.5, 0.6) is 5.88 Å². The number of anilines is 1. The number of hydrogen-bond donors (Lipinski definition) is 1. The summed E-state index contributed by atoms with van der Waals surface area (Å²) in [6.07, 6.45) is 3.29. The second kappa shape index (κ2) is 7.94. The molecule has 0 saturated carbocycles. The van der Waals surface area contributed by atoms with E-state index in [1.807, 2.05) is 32.3 Å². The van der Waals surface area contributed by atoms with Crippen LogP contribution < -0.4 is 9.64 Å². The smallest absolute Gasteiger partial charge is 0.223 e. The standard InChI is InChI=1S/C20H23N3O2/c1-23(2)16-9-7-15(8-10-16)18-14-19-17(6-5-11-21-19)20(22-18)25-13-4-3-12-24/h5-11,14,24H,3-4,12-13H2,1-2H3. The minimum Gasteiger partial charge on any atom is -0.477 e. The van der Waals surface area contributed by atoms with E-state index in [1.165, 1.54) is 0 Å². The van der Waals surface area contributed by atoms with Gasteiger partial charge in [0.1, 0.15) is 0 Å². The SMILES string of the molecule is CN(C)c1ccc(-c2cc3ncccc3c(OCCCCO)n2)cc1. The molecule has 0 aliphatic rings. The van der Waals surface area contributed by atoms with Crippen molar-refractivity contribution >= 4 is 16.6 Å². The highest BCUT2D eigenvalue weighted by Crippen LogP contribution is 2.29. The molecule has 1 N–H and O–H groups in total. The number of rotatable bonds is 7. The van der Waals surface area contributed by atoms with Crippen LogP contribution in [0.1, 0.15) is 12.8 Å². The maximum atomic E-state index is 8.90. The van der Waals surface area contributed by atoms with Crippen molar-refractivity contribution in [2.45, 2.75) is 12.8 Å². The Morgan fingerprint density at radius 3 is 2.60 bits per heavy atom. The van der Waals surface area contributed by atoms with E-state index in [-0.39, 0.29) is 6.61 Å². The zero-order valence-corrected chi connectivity index (χ0v) is 14.6. The van der Waals surface area contributed by atoms with Crippen LogP contribution >= 0.6 is 0 Å². The predicted molar refractivity (Wildman–Crippen MR) is 101 cm³/mol. The molecule has 0 saturated heterocycles. The van der Waals surface area contributed by atoms with Gasteiger partial charge in [0, 0.05) is 38.1 Å². The first kappa shape index (κ1) is 17.2. The van der Waals surface area contributed by atoms with Gasteiger partial charge >= 0.3 is 0 Å². The van der Waals surface area contributed by atoms with E-state index in [0.717, 1.165) is 40.7 Å². The summed E-state index contributed by atoms with van der Waals surface area (Å²) in [6, 6.07) is 14.1. The van der Waals surface area contributed by atoms with Crippen LogP contribution in [0.3, 0.4) is 0 Å². The fourth-order valence-corrected chi connectivity index (χ4v) is 2.62. The zero-order valence-electron chi connectivity index (χ0n) is 14.6. The van der Waals surface area contributed by atoms with E-state index < -0.39 is 0 Å². The fourth-order valence-electron chi connectivity index (χ4n) is 2.62. The van der Waals surface area contributed by atoms with E-state index in [1.54, 1.807) is 6.20 Å². The zero-order chi connectivity index (χ0) is 17.6. The van der Waals surface area contributed by atoms with Crippen LogP contribution in [-0.2, 0) is 0 Å². The summed E-state index contributed by atoms with van der Waals surface area (Å²) in [5.74, 6) is 0.593. The van der Waals surface area contributed by atoms with Crippen molar-refractivity contribution in [1.82, 2.24) is 9.97 Å². The van der Waals surface area contributed by atoms with E-state index in [2.05, 4.69) is 34.1 Å². The number of aromatic nitrogens is 2. The highest BCUT2D eigenvalue weighted by Gasteiger charge is 2.10. The van der Waals surface area contributed by atoms with E-state index in [0.29, 0.717) is 12.5 Å². The lowest BCUT2D eigenvalue weighted by atomic mass is 10.1. The van der Waals surface area contributed by atoms with Gasteiger partial charge in [0.2, 0.25) is 5.88 Å². The summed E-state index contributed by atoms with van der Waals surface area (Å²) in [6.45, 7) is 0.706. The van der Waals surface area contributed by atoms with Gasteiger partial charge in [0.25, 0.3) is 0 Å². The number of nitrogens with zero attached hydrogens (tertiary/aromatic N) is 3. The molecule has 0 aliphatic heterocycles. The highest BCUT2D eigenvalue weighted by atomic mass is 16.5.